The van der Waals surface area contributed by atoms with E-state index in [1.807, 2.05) is 25.1 Å². The van der Waals surface area contributed by atoms with E-state index in [-0.39, 0.29) is 35.5 Å². The summed E-state index contributed by atoms with van der Waals surface area (Å²) in [5, 5.41) is 20.5. The first-order valence-corrected chi connectivity index (χ1v) is 12.2. The Morgan fingerprint density at radius 1 is 0.944 bits per heavy atom. The van der Waals surface area contributed by atoms with Gasteiger partial charge in [-0.1, -0.05) is 42.0 Å². The number of allylic oxidation sites excluding steroid dienone is 2. The van der Waals surface area contributed by atoms with E-state index in [0.717, 1.165) is 11.1 Å². The van der Waals surface area contributed by atoms with Crippen molar-refractivity contribution in [1.82, 2.24) is 5.06 Å². The second-order valence-electron chi connectivity index (χ2n) is 10.5. The summed E-state index contributed by atoms with van der Waals surface area (Å²) in [5.41, 5.74) is 1.60. The van der Waals surface area contributed by atoms with Crippen molar-refractivity contribution in [3.63, 3.8) is 0 Å². The lowest BCUT2D eigenvalue weighted by Gasteiger charge is -2.49. The minimum absolute atomic E-state index is 0.123. The molecule has 2 aliphatic heterocycles. The van der Waals surface area contributed by atoms with E-state index in [0.29, 0.717) is 11.3 Å². The van der Waals surface area contributed by atoms with Crippen LogP contribution in [0.15, 0.2) is 60.2 Å². The molecule has 2 aromatic rings. The van der Waals surface area contributed by atoms with Crippen molar-refractivity contribution in [2.45, 2.75) is 32.6 Å². The molecule has 2 aliphatic carbocycles. The van der Waals surface area contributed by atoms with E-state index in [9.17, 15) is 29.5 Å². The summed E-state index contributed by atoms with van der Waals surface area (Å²) in [4.78, 5) is 54.8. The number of carbonyl (C=O) groups excluding carboxylic acids is 4. The second-order valence-corrected chi connectivity index (χ2v) is 10.5. The van der Waals surface area contributed by atoms with Crippen molar-refractivity contribution in [3.8, 4) is 5.75 Å². The molecule has 0 unspecified atom stereocenters. The van der Waals surface area contributed by atoms with Crippen LogP contribution in [0, 0.1) is 36.0 Å². The van der Waals surface area contributed by atoms with Gasteiger partial charge in [0.15, 0.2) is 0 Å². The van der Waals surface area contributed by atoms with Crippen molar-refractivity contribution in [3.05, 3.63) is 71.3 Å². The van der Waals surface area contributed by atoms with Gasteiger partial charge in [0.05, 0.1) is 28.9 Å². The number of amides is 4. The Bertz CT molecular complexity index is 1370. The SMILES string of the molecule is Cc1cc([C@H]2C3=CC[C@@H]4C(=O)N(O)C(=O)[C@@H]4[C@@H]3C[C@H]3C(=O)N(c4ccccc4)C(=O)[C@@]23C)ccc1O. The first kappa shape index (κ1) is 22.7. The molecular weight excluding hydrogens is 460 g/mol. The van der Waals surface area contributed by atoms with E-state index in [1.54, 1.807) is 43.3 Å². The molecule has 6 rings (SSSR count). The third-order valence-corrected chi connectivity index (χ3v) is 8.82. The molecule has 2 saturated heterocycles. The minimum atomic E-state index is -1.13. The van der Waals surface area contributed by atoms with Crippen LogP contribution in [0.1, 0.15) is 36.8 Å². The van der Waals surface area contributed by atoms with E-state index < -0.39 is 46.8 Å². The van der Waals surface area contributed by atoms with Gasteiger partial charge in [0.1, 0.15) is 5.75 Å². The number of benzene rings is 2. The van der Waals surface area contributed by atoms with E-state index in [4.69, 9.17) is 0 Å². The van der Waals surface area contributed by atoms with Crippen LogP contribution >= 0.6 is 0 Å². The molecule has 0 radical (unpaired) electrons. The summed E-state index contributed by atoms with van der Waals surface area (Å²) in [6.45, 7) is 3.59. The molecule has 184 valence electrons. The van der Waals surface area contributed by atoms with Gasteiger partial charge in [-0.25, -0.2) is 4.90 Å². The van der Waals surface area contributed by atoms with E-state index in [2.05, 4.69) is 0 Å². The first-order valence-electron chi connectivity index (χ1n) is 12.2. The molecule has 0 spiro atoms. The first-order chi connectivity index (χ1) is 17.2. The topological polar surface area (TPSA) is 115 Å². The summed E-state index contributed by atoms with van der Waals surface area (Å²) in [7, 11) is 0. The zero-order valence-electron chi connectivity index (χ0n) is 19.9. The van der Waals surface area contributed by atoms with Crippen molar-refractivity contribution < 1.29 is 29.5 Å². The number of hydroxylamine groups is 2. The van der Waals surface area contributed by atoms with Crippen molar-refractivity contribution in [2.75, 3.05) is 4.90 Å². The molecule has 4 aliphatic rings. The Hall–Kier alpha value is -3.78. The number of imide groups is 2. The normalized spacial score (nSPS) is 33.4. The number of phenolic OH excluding ortho intramolecular Hbond substituents is 1. The van der Waals surface area contributed by atoms with Crippen LogP contribution < -0.4 is 4.90 Å². The monoisotopic (exact) mass is 486 g/mol. The maximum absolute atomic E-state index is 14.1. The highest BCUT2D eigenvalue weighted by Gasteiger charge is 2.67. The quantitative estimate of drug-likeness (QED) is 0.382. The number of anilines is 1. The molecule has 36 heavy (non-hydrogen) atoms. The summed E-state index contributed by atoms with van der Waals surface area (Å²) in [5.74, 6) is -4.97. The molecule has 0 aromatic heterocycles. The number of phenols is 1. The minimum Gasteiger partial charge on any atom is -0.508 e. The number of rotatable bonds is 2. The third-order valence-electron chi connectivity index (χ3n) is 8.82. The molecule has 2 N–H and O–H groups in total. The average molecular weight is 487 g/mol. The highest BCUT2D eigenvalue weighted by Crippen LogP contribution is 2.63. The van der Waals surface area contributed by atoms with Crippen LogP contribution in [-0.2, 0) is 19.2 Å². The highest BCUT2D eigenvalue weighted by atomic mass is 16.5. The van der Waals surface area contributed by atoms with Gasteiger partial charge < -0.3 is 5.11 Å². The van der Waals surface area contributed by atoms with Gasteiger partial charge >= 0.3 is 0 Å². The molecule has 8 heteroatoms. The van der Waals surface area contributed by atoms with Crippen molar-refractivity contribution in [1.29, 1.82) is 0 Å². The van der Waals surface area contributed by atoms with Crippen LogP contribution in [-0.4, -0.2) is 39.0 Å². The fourth-order valence-corrected chi connectivity index (χ4v) is 7.06. The lowest BCUT2D eigenvalue weighted by molar-refractivity contribution is -0.173. The van der Waals surface area contributed by atoms with Gasteiger partial charge in [0.25, 0.3) is 11.8 Å². The van der Waals surface area contributed by atoms with Gasteiger partial charge in [-0.05, 0) is 61.9 Å². The van der Waals surface area contributed by atoms with Gasteiger partial charge in [-0.3, -0.25) is 24.4 Å². The summed E-state index contributed by atoms with van der Waals surface area (Å²) >= 11 is 0. The van der Waals surface area contributed by atoms with Crippen LogP contribution in [0.5, 0.6) is 5.75 Å². The number of aryl methyl sites for hydroxylation is 1. The standard InChI is InChI=1S/C28H26N2O6/c1-14-12-15(8-11-21(14)31)23-17-9-10-18-22(26(34)30(36)24(18)32)19(17)13-20-25(33)29(27(35)28(20,23)2)16-6-4-3-5-7-16/h3-9,11-12,18-20,22-23,31,36H,10,13H2,1-2H3/t18-,19+,20-,22-,23-,28+/m0/s1. The van der Waals surface area contributed by atoms with Crippen molar-refractivity contribution in [2.24, 2.45) is 29.1 Å². The number of hydrogen-bond donors (Lipinski definition) is 2. The molecule has 6 atom stereocenters. The van der Waals surface area contributed by atoms with Gasteiger partial charge in [0, 0.05) is 5.92 Å². The average Bonchev–Trinajstić information content (AvgIpc) is 3.21. The van der Waals surface area contributed by atoms with Gasteiger partial charge in [-0.15, -0.1) is 0 Å². The summed E-state index contributed by atoms with van der Waals surface area (Å²) in [6.07, 6.45) is 2.43. The van der Waals surface area contributed by atoms with Crippen LogP contribution in [0.3, 0.4) is 0 Å². The van der Waals surface area contributed by atoms with Gasteiger partial charge in [-0.2, -0.15) is 5.06 Å². The Morgan fingerprint density at radius 2 is 1.67 bits per heavy atom. The predicted molar refractivity (Wildman–Crippen MR) is 128 cm³/mol. The molecular formula is C28H26N2O6. The number of para-hydroxylation sites is 1. The lowest BCUT2D eigenvalue weighted by Crippen LogP contribution is -2.48. The van der Waals surface area contributed by atoms with Crippen LogP contribution in [0.2, 0.25) is 0 Å². The maximum atomic E-state index is 14.1. The molecule has 3 fully saturated rings. The Kier molecular flexibility index (Phi) is 4.79. The number of hydrogen-bond acceptors (Lipinski definition) is 6. The number of fused-ring (bicyclic) bond motifs is 4. The Balaban J connectivity index is 1.55. The molecule has 0 bridgehead atoms. The van der Waals surface area contributed by atoms with Crippen LogP contribution in [0.4, 0.5) is 5.69 Å². The third kappa shape index (κ3) is 2.79. The maximum Gasteiger partial charge on any atom is 0.257 e. The Labute approximate surface area is 207 Å². The number of aromatic hydroxyl groups is 1. The van der Waals surface area contributed by atoms with Crippen molar-refractivity contribution >= 4 is 29.3 Å². The lowest BCUT2D eigenvalue weighted by atomic mass is 9.51. The number of nitrogens with zero attached hydrogens (tertiary/aromatic N) is 2. The molecule has 4 amide bonds. The Morgan fingerprint density at radius 3 is 2.36 bits per heavy atom. The molecule has 1 saturated carbocycles. The number of carbonyl (C=O) groups is 4. The summed E-state index contributed by atoms with van der Waals surface area (Å²) < 4.78 is 0. The zero-order valence-corrected chi connectivity index (χ0v) is 19.9. The zero-order chi connectivity index (χ0) is 25.5. The molecule has 2 aromatic carbocycles. The van der Waals surface area contributed by atoms with E-state index in [1.165, 1.54) is 4.90 Å². The molecule has 2 heterocycles. The largest absolute Gasteiger partial charge is 0.508 e. The predicted octanol–water partition coefficient (Wildman–Crippen LogP) is 3.32. The van der Waals surface area contributed by atoms with E-state index >= 15 is 0 Å². The fraction of sp³-hybridized carbons (Fsp3) is 0.357. The fourth-order valence-electron chi connectivity index (χ4n) is 7.06. The van der Waals surface area contributed by atoms with Gasteiger partial charge in [0.2, 0.25) is 11.8 Å². The molecule has 8 nitrogen and oxygen atoms in total. The highest BCUT2D eigenvalue weighted by molar-refractivity contribution is 6.24. The smallest absolute Gasteiger partial charge is 0.257 e. The van der Waals surface area contributed by atoms with Crippen LogP contribution in [0.25, 0.3) is 0 Å². The second kappa shape index (κ2) is 7.61. The summed E-state index contributed by atoms with van der Waals surface area (Å²) in [6, 6.07) is 14.0.